The number of fused-ring (bicyclic) bond motifs is 14. The minimum Gasteiger partial charge on any atom is -0.308 e. The molecule has 0 spiro atoms. The van der Waals surface area contributed by atoms with Crippen LogP contribution in [0.25, 0.3) is 104 Å². The Morgan fingerprint density at radius 3 is 1.90 bits per heavy atom. The lowest BCUT2D eigenvalue weighted by Gasteiger charge is -2.11. The summed E-state index contributed by atoms with van der Waals surface area (Å²) in [7, 11) is 0. The molecule has 0 N–H and O–H groups in total. The number of rotatable bonds is 2. The van der Waals surface area contributed by atoms with Crippen molar-refractivity contribution in [3.63, 3.8) is 0 Å². The predicted molar refractivity (Wildman–Crippen MR) is 205 cm³/mol. The molecule has 0 bridgehead atoms. The SMILES string of the molecule is c1ccc(-n2c3ccc(-n4c5cc6ccccc6cc5c5cc6c7ccccc7n7c8ccccc8c(c54)c67)cc3c3cccnc32)cc1. The molecule has 12 aromatic rings. The van der Waals surface area contributed by atoms with Crippen LogP contribution in [0, 0.1) is 0 Å². The van der Waals surface area contributed by atoms with E-state index in [9.17, 15) is 0 Å². The normalized spacial score (nSPS) is 12.5. The van der Waals surface area contributed by atoms with E-state index in [2.05, 4.69) is 159 Å². The van der Waals surface area contributed by atoms with E-state index in [0.29, 0.717) is 0 Å². The van der Waals surface area contributed by atoms with Crippen molar-refractivity contribution in [2.45, 2.75) is 0 Å². The van der Waals surface area contributed by atoms with Crippen LogP contribution in [0.15, 0.2) is 158 Å². The summed E-state index contributed by atoms with van der Waals surface area (Å²) < 4.78 is 7.29. The van der Waals surface area contributed by atoms with Gasteiger partial charge in [0.05, 0.1) is 33.1 Å². The van der Waals surface area contributed by atoms with Crippen LogP contribution in [0.1, 0.15) is 0 Å². The number of nitrogens with zero attached hydrogens (tertiary/aromatic N) is 4. The Morgan fingerprint density at radius 1 is 0.367 bits per heavy atom. The topological polar surface area (TPSA) is 27.2 Å². The summed E-state index contributed by atoms with van der Waals surface area (Å²) in [6.07, 6.45) is 1.89. The molecule has 7 aromatic carbocycles. The molecule has 0 radical (unpaired) electrons. The van der Waals surface area contributed by atoms with Crippen molar-refractivity contribution in [1.29, 1.82) is 0 Å². The minimum absolute atomic E-state index is 0.966. The van der Waals surface area contributed by atoms with Gasteiger partial charge in [0, 0.05) is 60.7 Å². The molecule has 0 saturated carbocycles. The van der Waals surface area contributed by atoms with Crippen LogP contribution in [0.5, 0.6) is 0 Å². The molecule has 5 heterocycles. The van der Waals surface area contributed by atoms with Crippen molar-refractivity contribution in [2.24, 2.45) is 0 Å². The fraction of sp³-hybridized carbons (Fsp3) is 0. The Hall–Kier alpha value is -6.65. The lowest BCUT2D eigenvalue weighted by Crippen LogP contribution is -1.96. The average molecular weight is 623 g/mol. The molecule has 4 nitrogen and oxygen atoms in total. The minimum atomic E-state index is 0.966. The first kappa shape index (κ1) is 25.4. The fourth-order valence-electron chi connectivity index (χ4n) is 8.77. The molecule has 12 rings (SSSR count). The van der Waals surface area contributed by atoms with Gasteiger partial charge in [-0.25, -0.2) is 4.98 Å². The highest BCUT2D eigenvalue weighted by Gasteiger charge is 2.25. The first-order chi connectivity index (χ1) is 24.3. The van der Waals surface area contributed by atoms with Gasteiger partial charge in [-0.3, -0.25) is 4.57 Å². The van der Waals surface area contributed by atoms with E-state index in [1.807, 2.05) is 12.3 Å². The third kappa shape index (κ3) is 3.16. The van der Waals surface area contributed by atoms with E-state index in [1.165, 1.54) is 76.1 Å². The average Bonchev–Trinajstić information content (AvgIpc) is 3.88. The smallest absolute Gasteiger partial charge is 0.145 e. The molecule has 0 saturated heterocycles. The third-order valence-corrected chi connectivity index (χ3v) is 10.7. The van der Waals surface area contributed by atoms with Crippen LogP contribution in [0.3, 0.4) is 0 Å². The molecule has 5 aromatic heterocycles. The van der Waals surface area contributed by atoms with Crippen molar-refractivity contribution < 1.29 is 0 Å². The van der Waals surface area contributed by atoms with Gasteiger partial charge in [0.1, 0.15) is 5.65 Å². The van der Waals surface area contributed by atoms with Crippen molar-refractivity contribution in [1.82, 2.24) is 18.5 Å². The zero-order chi connectivity index (χ0) is 31.8. The summed E-state index contributed by atoms with van der Waals surface area (Å²) >= 11 is 0. The number of hydrogen-bond donors (Lipinski definition) is 0. The van der Waals surface area contributed by atoms with Crippen LogP contribution in [-0.4, -0.2) is 18.5 Å². The van der Waals surface area contributed by atoms with Crippen LogP contribution < -0.4 is 0 Å². The van der Waals surface area contributed by atoms with Crippen LogP contribution >= 0.6 is 0 Å². The Balaban J connectivity index is 1.31. The summed E-state index contributed by atoms with van der Waals surface area (Å²) in [6, 6.07) is 55.5. The van der Waals surface area contributed by atoms with Gasteiger partial charge >= 0.3 is 0 Å². The Labute approximate surface area is 279 Å². The zero-order valence-electron chi connectivity index (χ0n) is 26.3. The first-order valence-electron chi connectivity index (χ1n) is 16.8. The molecular formula is C45H26N4. The van der Waals surface area contributed by atoms with E-state index in [-0.39, 0.29) is 0 Å². The van der Waals surface area contributed by atoms with Crippen molar-refractivity contribution in [2.75, 3.05) is 0 Å². The van der Waals surface area contributed by atoms with Gasteiger partial charge in [0.25, 0.3) is 0 Å². The van der Waals surface area contributed by atoms with E-state index < -0.39 is 0 Å². The molecule has 4 heteroatoms. The number of hydrogen-bond acceptors (Lipinski definition) is 1. The maximum Gasteiger partial charge on any atom is 0.145 e. The van der Waals surface area contributed by atoms with E-state index in [4.69, 9.17) is 4.98 Å². The van der Waals surface area contributed by atoms with E-state index in [0.717, 1.165) is 27.9 Å². The highest BCUT2D eigenvalue weighted by molar-refractivity contribution is 6.34. The molecule has 0 atom stereocenters. The molecule has 0 aliphatic carbocycles. The third-order valence-electron chi connectivity index (χ3n) is 10.7. The number of aromatic nitrogens is 4. The standard InChI is InChI=1S/C45H26N4/c1-2-13-29(14-3-1)48-40-21-20-30(25-35(40)32-17-10-22-46-45(32)48)47-41-24-28-12-5-4-11-27(28)23-34(41)37-26-36-31-15-6-8-18-38(31)49-39-19-9-7-16-33(39)42(43(37)47)44(36)49/h1-26H. The summed E-state index contributed by atoms with van der Waals surface area (Å²) in [4.78, 5) is 4.89. The zero-order valence-corrected chi connectivity index (χ0v) is 26.3. The second-order valence-corrected chi connectivity index (χ2v) is 13.2. The fourth-order valence-corrected chi connectivity index (χ4v) is 8.77. The first-order valence-corrected chi connectivity index (χ1v) is 16.8. The second-order valence-electron chi connectivity index (χ2n) is 13.2. The molecule has 0 aliphatic heterocycles. The van der Waals surface area contributed by atoms with Gasteiger partial charge in [0.15, 0.2) is 0 Å². The molecule has 0 amide bonds. The van der Waals surface area contributed by atoms with Gasteiger partial charge < -0.3 is 8.97 Å². The molecule has 49 heavy (non-hydrogen) atoms. The Bertz CT molecular complexity index is 3320. The van der Waals surface area contributed by atoms with Gasteiger partial charge in [-0.05, 0) is 83.6 Å². The molecular weight excluding hydrogens is 597 g/mol. The van der Waals surface area contributed by atoms with Gasteiger partial charge in [0.2, 0.25) is 0 Å². The van der Waals surface area contributed by atoms with Gasteiger partial charge in [-0.2, -0.15) is 0 Å². The van der Waals surface area contributed by atoms with E-state index in [1.54, 1.807) is 0 Å². The molecule has 0 aliphatic rings. The van der Waals surface area contributed by atoms with E-state index >= 15 is 0 Å². The summed E-state index contributed by atoms with van der Waals surface area (Å²) in [6.45, 7) is 0. The summed E-state index contributed by atoms with van der Waals surface area (Å²) in [5.41, 5.74) is 10.6. The Kier molecular flexibility index (Phi) is 4.69. The van der Waals surface area contributed by atoms with Crippen LogP contribution in [-0.2, 0) is 0 Å². The monoisotopic (exact) mass is 622 g/mol. The second kappa shape index (κ2) is 9.03. The lowest BCUT2D eigenvalue weighted by atomic mass is 10.0. The predicted octanol–water partition coefficient (Wildman–Crippen LogP) is 11.6. The largest absolute Gasteiger partial charge is 0.308 e. The van der Waals surface area contributed by atoms with Gasteiger partial charge in [-0.15, -0.1) is 0 Å². The van der Waals surface area contributed by atoms with Crippen LogP contribution in [0.4, 0.5) is 0 Å². The highest BCUT2D eigenvalue weighted by Crippen LogP contribution is 2.47. The summed E-state index contributed by atoms with van der Waals surface area (Å²) in [5, 5.41) is 12.5. The quantitative estimate of drug-likeness (QED) is 0.188. The van der Waals surface area contributed by atoms with Crippen LogP contribution in [0.2, 0.25) is 0 Å². The maximum atomic E-state index is 4.89. The number of benzene rings is 7. The maximum absolute atomic E-state index is 4.89. The molecule has 0 fully saturated rings. The van der Waals surface area contributed by atoms with Crippen molar-refractivity contribution in [3.8, 4) is 11.4 Å². The highest BCUT2D eigenvalue weighted by atomic mass is 15.1. The number of para-hydroxylation sites is 3. The number of pyridine rings is 1. The lowest BCUT2D eigenvalue weighted by molar-refractivity contribution is 1.13. The summed E-state index contributed by atoms with van der Waals surface area (Å²) in [5.74, 6) is 0. The van der Waals surface area contributed by atoms with Crippen molar-refractivity contribution >= 4 is 92.6 Å². The van der Waals surface area contributed by atoms with Crippen molar-refractivity contribution in [3.05, 3.63) is 158 Å². The molecule has 226 valence electrons. The van der Waals surface area contributed by atoms with Gasteiger partial charge in [-0.1, -0.05) is 78.9 Å². The molecule has 0 unspecified atom stereocenters. The Morgan fingerprint density at radius 2 is 1.04 bits per heavy atom.